The molecule has 0 aliphatic rings. The Hall–Kier alpha value is -2.08. The fourth-order valence-corrected chi connectivity index (χ4v) is 1.79. The number of primary amides is 1. The normalized spacial score (nSPS) is 10.8. The molecule has 0 aromatic heterocycles. The summed E-state index contributed by atoms with van der Waals surface area (Å²) in [6, 6.07) is 7.28. The molecule has 4 N–H and O–H groups in total. The van der Waals surface area contributed by atoms with E-state index in [1.807, 2.05) is 18.2 Å². The van der Waals surface area contributed by atoms with Crippen molar-refractivity contribution in [2.24, 2.45) is 5.73 Å². The number of nitrogens with zero attached hydrogens (tertiary/aromatic N) is 1. The summed E-state index contributed by atoms with van der Waals surface area (Å²) in [6.07, 6.45) is -0.195. The second kappa shape index (κ2) is 7.49. The first kappa shape index (κ1) is 16.0. The summed E-state index contributed by atoms with van der Waals surface area (Å²) in [5.74, 6) is -0.896. The van der Waals surface area contributed by atoms with E-state index < -0.39 is 11.9 Å². The minimum absolute atomic E-state index is 0.00451. The van der Waals surface area contributed by atoms with Crippen molar-refractivity contribution >= 4 is 17.6 Å². The van der Waals surface area contributed by atoms with E-state index in [0.29, 0.717) is 12.2 Å². The van der Waals surface area contributed by atoms with Gasteiger partial charge in [0.25, 0.3) is 0 Å². The lowest BCUT2D eigenvalue weighted by molar-refractivity contribution is -0.149. The van der Waals surface area contributed by atoms with Gasteiger partial charge in [-0.3, -0.25) is 14.5 Å². The number of hydrogen-bond donors (Lipinski definition) is 2. The van der Waals surface area contributed by atoms with Gasteiger partial charge in [-0.25, -0.2) is 0 Å². The maximum absolute atomic E-state index is 11.7. The van der Waals surface area contributed by atoms with E-state index in [0.717, 1.165) is 5.56 Å². The molecule has 0 heterocycles. The topological polar surface area (TPSA) is 98.6 Å². The highest BCUT2D eigenvalue weighted by Gasteiger charge is 2.16. The number of carbonyl (C=O) groups excluding carboxylic acids is 2. The van der Waals surface area contributed by atoms with Gasteiger partial charge in [0.2, 0.25) is 5.91 Å². The Labute approximate surface area is 118 Å². The maximum atomic E-state index is 11.7. The molecular weight excluding hydrogens is 258 g/mol. The molecule has 1 aromatic rings. The molecule has 1 aromatic carbocycles. The summed E-state index contributed by atoms with van der Waals surface area (Å²) in [5, 5.41) is 0. The minimum atomic E-state index is -0.503. The van der Waals surface area contributed by atoms with Crippen LogP contribution in [0.15, 0.2) is 24.3 Å². The predicted molar refractivity (Wildman–Crippen MR) is 76.6 cm³/mol. The number of nitrogens with two attached hydrogens (primary N) is 2. The van der Waals surface area contributed by atoms with Crippen LogP contribution in [0.5, 0.6) is 0 Å². The van der Waals surface area contributed by atoms with Crippen LogP contribution in [-0.4, -0.2) is 36.0 Å². The number of rotatable bonds is 7. The lowest BCUT2D eigenvalue weighted by Gasteiger charge is -2.21. The number of benzene rings is 1. The molecule has 6 heteroatoms. The van der Waals surface area contributed by atoms with E-state index in [2.05, 4.69) is 0 Å². The van der Waals surface area contributed by atoms with Gasteiger partial charge in [0, 0.05) is 12.2 Å². The standard InChI is InChI=1S/C14H21N3O3/c1-10(2)20-14(19)9-17(8-13(16)18)7-11-5-3-4-6-12(11)15/h3-6,10H,7-9,15H2,1-2H3,(H2,16,18). The number of nitrogen functional groups attached to an aromatic ring is 1. The largest absolute Gasteiger partial charge is 0.462 e. The Morgan fingerprint density at radius 2 is 1.90 bits per heavy atom. The van der Waals surface area contributed by atoms with Crippen LogP contribution in [0, 0.1) is 0 Å². The fraction of sp³-hybridized carbons (Fsp3) is 0.429. The molecule has 0 atom stereocenters. The van der Waals surface area contributed by atoms with Crippen molar-refractivity contribution in [2.75, 3.05) is 18.8 Å². The summed E-state index contributed by atoms with van der Waals surface area (Å²) in [6.45, 7) is 3.87. The third kappa shape index (κ3) is 5.71. The van der Waals surface area contributed by atoms with Crippen LogP contribution in [0.1, 0.15) is 19.4 Å². The van der Waals surface area contributed by atoms with Gasteiger partial charge in [0.1, 0.15) is 0 Å². The monoisotopic (exact) mass is 279 g/mol. The number of carbonyl (C=O) groups is 2. The zero-order valence-electron chi connectivity index (χ0n) is 11.8. The lowest BCUT2D eigenvalue weighted by Crippen LogP contribution is -2.38. The molecule has 1 rings (SSSR count). The first-order valence-corrected chi connectivity index (χ1v) is 6.42. The summed E-state index contributed by atoms with van der Waals surface area (Å²) < 4.78 is 5.07. The summed E-state index contributed by atoms with van der Waals surface area (Å²) >= 11 is 0. The van der Waals surface area contributed by atoms with Gasteiger partial charge in [-0.1, -0.05) is 18.2 Å². The molecule has 20 heavy (non-hydrogen) atoms. The molecule has 0 spiro atoms. The number of hydrogen-bond acceptors (Lipinski definition) is 5. The van der Waals surface area contributed by atoms with Crippen molar-refractivity contribution in [1.29, 1.82) is 0 Å². The zero-order chi connectivity index (χ0) is 15.1. The number of amides is 1. The van der Waals surface area contributed by atoms with Gasteiger partial charge in [-0.15, -0.1) is 0 Å². The highest BCUT2D eigenvalue weighted by Crippen LogP contribution is 2.13. The average Bonchev–Trinajstić information content (AvgIpc) is 2.29. The van der Waals surface area contributed by atoms with Gasteiger partial charge in [-0.05, 0) is 25.5 Å². The predicted octanol–water partition coefficient (Wildman–Crippen LogP) is 0.508. The molecule has 1 amide bonds. The third-order valence-electron chi connectivity index (χ3n) is 2.55. The van der Waals surface area contributed by atoms with E-state index >= 15 is 0 Å². The van der Waals surface area contributed by atoms with Crippen LogP contribution < -0.4 is 11.5 Å². The Morgan fingerprint density at radius 1 is 1.25 bits per heavy atom. The smallest absolute Gasteiger partial charge is 0.320 e. The SMILES string of the molecule is CC(C)OC(=O)CN(CC(N)=O)Cc1ccccc1N. The van der Waals surface area contributed by atoms with E-state index in [4.69, 9.17) is 16.2 Å². The van der Waals surface area contributed by atoms with Crippen molar-refractivity contribution in [3.8, 4) is 0 Å². The van der Waals surface area contributed by atoms with Crippen LogP contribution in [0.2, 0.25) is 0 Å². The van der Waals surface area contributed by atoms with Gasteiger partial charge < -0.3 is 16.2 Å². The van der Waals surface area contributed by atoms with E-state index in [9.17, 15) is 9.59 Å². The zero-order valence-corrected chi connectivity index (χ0v) is 11.8. The molecular formula is C14H21N3O3. The first-order valence-electron chi connectivity index (χ1n) is 6.42. The molecule has 0 saturated carbocycles. The summed E-state index contributed by atoms with van der Waals surface area (Å²) in [7, 11) is 0. The van der Waals surface area contributed by atoms with Gasteiger partial charge >= 0.3 is 5.97 Å². The van der Waals surface area contributed by atoms with Crippen LogP contribution in [0.25, 0.3) is 0 Å². The van der Waals surface area contributed by atoms with E-state index in [1.165, 1.54) is 0 Å². The van der Waals surface area contributed by atoms with Crippen molar-refractivity contribution in [3.63, 3.8) is 0 Å². The second-order valence-corrected chi connectivity index (χ2v) is 4.85. The molecule has 0 aliphatic heterocycles. The van der Waals surface area contributed by atoms with Crippen LogP contribution in [-0.2, 0) is 20.9 Å². The molecule has 0 fully saturated rings. The molecule has 0 aliphatic carbocycles. The molecule has 0 unspecified atom stereocenters. The van der Waals surface area contributed by atoms with Crippen LogP contribution in [0.4, 0.5) is 5.69 Å². The van der Waals surface area contributed by atoms with Crippen molar-refractivity contribution < 1.29 is 14.3 Å². The Morgan fingerprint density at radius 3 is 2.45 bits per heavy atom. The Bertz CT molecular complexity index is 474. The number of para-hydroxylation sites is 1. The molecule has 110 valence electrons. The first-order chi connectivity index (χ1) is 9.38. The lowest BCUT2D eigenvalue weighted by atomic mass is 10.1. The third-order valence-corrected chi connectivity index (χ3v) is 2.55. The quantitative estimate of drug-likeness (QED) is 0.559. The van der Waals surface area contributed by atoms with Crippen molar-refractivity contribution in [3.05, 3.63) is 29.8 Å². The van der Waals surface area contributed by atoms with Crippen LogP contribution in [0.3, 0.4) is 0 Å². The van der Waals surface area contributed by atoms with Gasteiger partial charge in [-0.2, -0.15) is 0 Å². The average molecular weight is 279 g/mol. The minimum Gasteiger partial charge on any atom is -0.462 e. The maximum Gasteiger partial charge on any atom is 0.320 e. The second-order valence-electron chi connectivity index (χ2n) is 4.85. The number of esters is 1. The highest BCUT2D eigenvalue weighted by atomic mass is 16.5. The molecule has 6 nitrogen and oxygen atoms in total. The van der Waals surface area contributed by atoms with Gasteiger partial charge in [0.15, 0.2) is 0 Å². The molecule has 0 radical (unpaired) electrons. The van der Waals surface area contributed by atoms with Gasteiger partial charge in [0.05, 0.1) is 19.2 Å². The number of ether oxygens (including phenoxy) is 1. The van der Waals surface area contributed by atoms with E-state index in [1.54, 1.807) is 24.8 Å². The van der Waals surface area contributed by atoms with Crippen molar-refractivity contribution in [2.45, 2.75) is 26.5 Å². The van der Waals surface area contributed by atoms with Crippen molar-refractivity contribution in [1.82, 2.24) is 4.90 Å². The highest BCUT2D eigenvalue weighted by molar-refractivity contribution is 5.77. The van der Waals surface area contributed by atoms with Crippen LogP contribution >= 0.6 is 0 Å². The summed E-state index contributed by atoms with van der Waals surface area (Å²) in [4.78, 5) is 24.4. The molecule has 0 bridgehead atoms. The Balaban J connectivity index is 2.72. The van der Waals surface area contributed by atoms with E-state index in [-0.39, 0.29) is 19.2 Å². The summed E-state index contributed by atoms with van der Waals surface area (Å²) in [5.41, 5.74) is 12.5. The number of anilines is 1. The Kier molecular flexibility index (Phi) is 5.99. The molecule has 0 saturated heterocycles. The fourth-order valence-electron chi connectivity index (χ4n) is 1.79.